The normalized spacial score (nSPS) is 19.8. The average Bonchev–Trinajstić information content (AvgIpc) is 2.59. The number of ether oxygens (including phenoxy) is 1. The van der Waals surface area contributed by atoms with Gasteiger partial charge < -0.3 is 10.1 Å². The second-order valence-corrected chi connectivity index (χ2v) is 3.96. The Morgan fingerprint density at radius 3 is 3.13 bits per heavy atom. The van der Waals surface area contributed by atoms with Gasteiger partial charge in [0, 0.05) is 6.20 Å². The second kappa shape index (κ2) is 4.01. The van der Waals surface area contributed by atoms with Crippen LogP contribution in [0.4, 0.5) is 4.79 Å². The molecule has 1 unspecified atom stereocenters. The highest BCUT2D eigenvalue weighted by molar-refractivity contribution is 9.10. The molecule has 0 spiro atoms. The highest BCUT2D eigenvalue weighted by atomic mass is 79.9. The van der Waals surface area contributed by atoms with E-state index in [-0.39, 0.29) is 11.7 Å². The number of aromatic nitrogens is 2. The summed E-state index contributed by atoms with van der Waals surface area (Å²) in [4.78, 5) is 26.2. The minimum Gasteiger partial charge on any atom is -0.442 e. The topological polar surface area (TPSA) is 73.2 Å². The van der Waals surface area contributed by atoms with Crippen LogP contribution in [0.2, 0.25) is 0 Å². The number of alkyl carbamates (subject to hydrolysis) is 1. The first-order valence-corrected chi connectivity index (χ1v) is 5.10. The molecule has 1 amide bonds. The van der Waals surface area contributed by atoms with Crippen molar-refractivity contribution < 1.29 is 9.53 Å². The molecule has 2 heterocycles. The molecule has 15 heavy (non-hydrogen) atoms. The maximum atomic E-state index is 11.6. The predicted molar refractivity (Wildman–Crippen MR) is 54.5 cm³/mol. The molecule has 0 aliphatic carbocycles. The molecule has 2 rings (SSSR count). The third kappa shape index (κ3) is 2.17. The zero-order chi connectivity index (χ0) is 10.8. The van der Waals surface area contributed by atoms with Crippen molar-refractivity contribution in [3.63, 3.8) is 0 Å². The Morgan fingerprint density at radius 2 is 2.47 bits per heavy atom. The molecule has 1 saturated heterocycles. The van der Waals surface area contributed by atoms with Crippen molar-refractivity contribution in [3.8, 4) is 0 Å². The Balaban J connectivity index is 2.14. The largest absolute Gasteiger partial charge is 0.442 e. The van der Waals surface area contributed by atoms with Gasteiger partial charge in [0.15, 0.2) is 0 Å². The fourth-order valence-corrected chi connectivity index (χ4v) is 1.65. The maximum absolute atomic E-state index is 11.6. The molecule has 1 aliphatic rings. The Morgan fingerprint density at radius 1 is 1.67 bits per heavy atom. The van der Waals surface area contributed by atoms with Gasteiger partial charge in [-0.1, -0.05) is 0 Å². The van der Waals surface area contributed by atoms with Gasteiger partial charge in [-0.15, -0.1) is 0 Å². The van der Waals surface area contributed by atoms with Crippen molar-refractivity contribution in [1.82, 2.24) is 14.9 Å². The minimum absolute atomic E-state index is 0.187. The summed E-state index contributed by atoms with van der Waals surface area (Å²) in [5.41, 5.74) is -0.187. The first-order chi connectivity index (χ1) is 7.16. The van der Waals surface area contributed by atoms with Crippen LogP contribution in [0.1, 0.15) is 0 Å². The van der Waals surface area contributed by atoms with Crippen molar-refractivity contribution in [2.24, 2.45) is 0 Å². The number of carbonyl (C=O) groups is 1. The lowest BCUT2D eigenvalue weighted by molar-refractivity contribution is 0.130. The summed E-state index contributed by atoms with van der Waals surface area (Å²) in [6.45, 7) is 0.724. The van der Waals surface area contributed by atoms with Crippen molar-refractivity contribution in [2.45, 2.75) is 12.6 Å². The van der Waals surface area contributed by atoms with E-state index >= 15 is 0 Å². The molecule has 0 bridgehead atoms. The number of hydrogen-bond donors (Lipinski definition) is 1. The van der Waals surface area contributed by atoms with Gasteiger partial charge in [0.05, 0.1) is 19.4 Å². The monoisotopic (exact) mass is 273 g/mol. The van der Waals surface area contributed by atoms with E-state index in [0.717, 1.165) is 0 Å². The van der Waals surface area contributed by atoms with E-state index in [2.05, 4.69) is 26.2 Å². The summed E-state index contributed by atoms with van der Waals surface area (Å²) in [6, 6.07) is 0. The number of nitrogens with zero attached hydrogens (tertiary/aromatic N) is 2. The second-order valence-electron chi connectivity index (χ2n) is 3.11. The van der Waals surface area contributed by atoms with Gasteiger partial charge in [0.2, 0.25) is 0 Å². The molecule has 0 radical (unpaired) electrons. The minimum atomic E-state index is -0.448. The number of cyclic esters (lactones) is 1. The standard InChI is InChI=1S/C8H8BrN3O3/c9-6-2-10-4-12(7(6)13)3-5-1-11-8(14)15-5/h2,4-5H,1,3H2,(H,11,14). The Kier molecular flexibility index (Phi) is 2.72. The average molecular weight is 274 g/mol. The van der Waals surface area contributed by atoms with E-state index in [4.69, 9.17) is 4.74 Å². The lowest BCUT2D eigenvalue weighted by atomic mass is 10.3. The third-order valence-electron chi connectivity index (χ3n) is 2.01. The van der Waals surface area contributed by atoms with Crippen LogP contribution in [-0.2, 0) is 11.3 Å². The van der Waals surface area contributed by atoms with Crippen LogP contribution in [0.5, 0.6) is 0 Å². The number of amides is 1. The highest BCUT2D eigenvalue weighted by Crippen LogP contribution is 2.03. The predicted octanol–water partition coefficient (Wildman–Crippen LogP) is 0.114. The summed E-state index contributed by atoms with van der Waals surface area (Å²) in [7, 11) is 0. The van der Waals surface area contributed by atoms with Gasteiger partial charge in [-0.3, -0.25) is 9.36 Å². The van der Waals surface area contributed by atoms with E-state index in [9.17, 15) is 9.59 Å². The van der Waals surface area contributed by atoms with Gasteiger partial charge >= 0.3 is 6.09 Å². The molecule has 0 aromatic carbocycles. The molecule has 7 heteroatoms. The van der Waals surface area contributed by atoms with E-state index in [1.54, 1.807) is 0 Å². The van der Waals surface area contributed by atoms with Crippen LogP contribution in [0.25, 0.3) is 0 Å². The van der Waals surface area contributed by atoms with Gasteiger partial charge in [-0.05, 0) is 15.9 Å². The highest BCUT2D eigenvalue weighted by Gasteiger charge is 2.23. The van der Waals surface area contributed by atoms with E-state index < -0.39 is 6.09 Å². The quantitative estimate of drug-likeness (QED) is 0.831. The summed E-state index contributed by atoms with van der Waals surface area (Å²) in [6.07, 6.45) is 2.08. The number of halogens is 1. The Hall–Kier alpha value is -1.37. The number of hydrogen-bond acceptors (Lipinski definition) is 4. The van der Waals surface area contributed by atoms with E-state index in [0.29, 0.717) is 17.6 Å². The van der Waals surface area contributed by atoms with Crippen LogP contribution in [-0.4, -0.2) is 28.3 Å². The fraction of sp³-hybridized carbons (Fsp3) is 0.375. The molecule has 1 aliphatic heterocycles. The Labute approximate surface area is 93.4 Å². The van der Waals surface area contributed by atoms with Crippen molar-refractivity contribution in [3.05, 3.63) is 27.4 Å². The SMILES string of the molecule is O=C1NCC(Cn2cncc(Br)c2=O)O1. The third-order valence-corrected chi connectivity index (χ3v) is 2.55. The maximum Gasteiger partial charge on any atom is 0.407 e. The lowest BCUT2D eigenvalue weighted by Crippen LogP contribution is -2.29. The molecule has 80 valence electrons. The first-order valence-electron chi connectivity index (χ1n) is 4.31. The van der Waals surface area contributed by atoms with E-state index in [1.807, 2.05) is 0 Å². The number of rotatable bonds is 2. The molecule has 1 fully saturated rings. The summed E-state index contributed by atoms with van der Waals surface area (Å²) >= 11 is 3.09. The zero-order valence-electron chi connectivity index (χ0n) is 7.64. The van der Waals surface area contributed by atoms with Crippen molar-refractivity contribution in [2.75, 3.05) is 6.54 Å². The van der Waals surface area contributed by atoms with Gasteiger partial charge in [0.1, 0.15) is 10.6 Å². The van der Waals surface area contributed by atoms with Gasteiger partial charge in [0.25, 0.3) is 5.56 Å². The molecule has 0 saturated carbocycles. The summed E-state index contributed by atoms with van der Waals surface area (Å²) in [5, 5.41) is 2.52. The van der Waals surface area contributed by atoms with Crippen LogP contribution in [0.15, 0.2) is 21.8 Å². The molecular formula is C8H8BrN3O3. The number of nitrogens with one attached hydrogen (secondary N) is 1. The summed E-state index contributed by atoms with van der Waals surface area (Å²) in [5.74, 6) is 0. The summed E-state index contributed by atoms with van der Waals surface area (Å²) < 4.78 is 6.70. The van der Waals surface area contributed by atoms with Crippen LogP contribution in [0, 0.1) is 0 Å². The zero-order valence-corrected chi connectivity index (χ0v) is 9.23. The molecule has 1 atom stereocenters. The van der Waals surface area contributed by atoms with Crippen LogP contribution >= 0.6 is 15.9 Å². The molecular weight excluding hydrogens is 266 g/mol. The van der Waals surface area contributed by atoms with Crippen LogP contribution in [0.3, 0.4) is 0 Å². The molecule has 6 nitrogen and oxygen atoms in total. The van der Waals surface area contributed by atoms with Gasteiger partial charge in [-0.2, -0.15) is 0 Å². The van der Waals surface area contributed by atoms with Gasteiger partial charge in [-0.25, -0.2) is 9.78 Å². The molecule has 1 aromatic rings. The fourth-order valence-electron chi connectivity index (χ4n) is 1.31. The smallest absolute Gasteiger partial charge is 0.407 e. The Bertz CT molecular complexity index is 445. The van der Waals surface area contributed by atoms with Crippen LogP contribution < -0.4 is 10.9 Å². The lowest BCUT2D eigenvalue weighted by Gasteiger charge is -2.09. The number of carbonyl (C=O) groups excluding carboxylic acids is 1. The molecule has 1 aromatic heterocycles. The van der Waals surface area contributed by atoms with E-state index in [1.165, 1.54) is 17.1 Å². The molecule has 1 N–H and O–H groups in total. The van der Waals surface area contributed by atoms with Crippen molar-refractivity contribution >= 4 is 22.0 Å². The van der Waals surface area contributed by atoms with Crippen molar-refractivity contribution in [1.29, 1.82) is 0 Å². The first kappa shape index (κ1) is 10.2.